The van der Waals surface area contributed by atoms with E-state index in [0.29, 0.717) is 31.2 Å². The third-order valence-corrected chi connectivity index (χ3v) is 3.38. The summed E-state index contributed by atoms with van der Waals surface area (Å²) in [5.41, 5.74) is 6.84. The molecule has 3 rings (SSSR count). The molecule has 0 aliphatic carbocycles. The third kappa shape index (κ3) is 1.46. The van der Waals surface area contributed by atoms with Crippen LogP contribution in [0, 0.1) is 0 Å². The van der Waals surface area contributed by atoms with E-state index >= 15 is 0 Å². The number of para-hydroxylation sites is 2. The molecule has 1 atom stereocenters. The standard InChI is InChI=1S/C12H14N2O3/c13-9-3-1-2-4-10(9)14-11(15)17-8-12(14)5-6-16-7-12/h1-4H,5-8,13H2. The molecule has 2 aliphatic heterocycles. The number of nitrogens with zero attached hydrogens (tertiary/aromatic N) is 1. The van der Waals surface area contributed by atoms with Gasteiger partial charge in [-0.3, -0.25) is 4.90 Å². The summed E-state index contributed by atoms with van der Waals surface area (Å²) in [6.45, 7) is 1.53. The van der Waals surface area contributed by atoms with Gasteiger partial charge in [0.25, 0.3) is 0 Å². The number of cyclic esters (lactones) is 1. The van der Waals surface area contributed by atoms with Crippen LogP contribution in [0.5, 0.6) is 0 Å². The first-order chi connectivity index (χ1) is 8.23. The molecular weight excluding hydrogens is 220 g/mol. The smallest absolute Gasteiger partial charge is 0.415 e. The zero-order valence-corrected chi connectivity index (χ0v) is 9.39. The fourth-order valence-electron chi connectivity index (χ4n) is 2.45. The predicted molar refractivity (Wildman–Crippen MR) is 62.8 cm³/mol. The average molecular weight is 234 g/mol. The highest BCUT2D eigenvalue weighted by atomic mass is 16.6. The van der Waals surface area contributed by atoms with Gasteiger partial charge in [0, 0.05) is 13.0 Å². The molecule has 5 heteroatoms. The molecule has 1 amide bonds. The maximum absolute atomic E-state index is 11.9. The Morgan fingerprint density at radius 2 is 2.12 bits per heavy atom. The normalized spacial score (nSPS) is 27.8. The van der Waals surface area contributed by atoms with E-state index in [4.69, 9.17) is 15.2 Å². The molecule has 2 fully saturated rings. The van der Waals surface area contributed by atoms with Crippen molar-refractivity contribution in [1.29, 1.82) is 0 Å². The predicted octanol–water partition coefficient (Wildman–Crippen LogP) is 1.38. The summed E-state index contributed by atoms with van der Waals surface area (Å²) in [4.78, 5) is 13.5. The maximum Gasteiger partial charge on any atom is 0.415 e. The zero-order valence-electron chi connectivity index (χ0n) is 9.39. The Balaban J connectivity index is 2.05. The molecular formula is C12H14N2O3. The molecule has 2 saturated heterocycles. The van der Waals surface area contributed by atoms with Crippen LogP contribution in [0.2, 0.25) is 0 Å². The van der Waals surface area contributed by atoms with Crippen LogP contribution in [0.25, 0.3) is 0 Å². The zero-order chi connectivity index (χ0) is 11.9. The van der Waals surface area contributed by atoms with Gasteiger partial charge < -0.3 is 15.2 Å². The molecule has 2 aliphatic rings. The molecule has 2 N–H and O–H groups in total. The SMILES string of the molecule is Nc1ccccc1N1C(=O)OCC12CCOC2. The lowest BCUT2D eigenvalue weighted by molar-refractivity contribution is 0.156. The summed E-state index contributed by atoms with van der Waals surface area (Å²) in [7, 11) is 0. The first-order valence-electron chi connectivity index (χ1n) is 5.62. The quantitative estimate of drug-likeness (QED) is 0.746. The minimum atomic E-state index is -0.368. The number of benzene rings is 1. The molecule has 0 aromatic heterocycles. The molecule has 2 heterocycles. The van der Waals surface area contributed by atoms with Gasteiger partial charge in [0.15, 0.2) is 0 Å². The Hall–Kier alpha value is -1.75. The average Bonchev–Trinajstić information content (AvgIpc) is 2.90. The number of anilines is 2. The van der Waals surface area contributed by atoms with Crippen LogP contribution in [0.1, 0.15) is 6.42 Å². The van der Waals surface area contributed by atoms with Crippen LogP contribution in [-0.2, 0) is 9.47 Å². The molecule has 1 unspecified atom stereocenters. The van der Waals surface area contributed by atoms with Gasteiger partial charge in [0.05, 0.1) is 18.0 Å². The van der Waals surface area contributed by atoms with Crippen molar-refractivity contribution in [2.75, 3.05) is 30.5 Å². The Bertz CT molecular complexity index is 455. The van der Waals surface area contributed by atoms with E-state index in [2.05, 4.69) is 0 Å². The van der Waals surface area contributed by atoms with Crippen LogP contribution in [0.15, 0.2) is 24.3 Å². The number of carbonyl (C=O) groups excluding carboxylic acids is 1. The number of amides is 1. The largest absolute Gasteiger partial charge is 0.447 e. The summed E-state index contributed by atoms with van der Waals surface area (Å²) in [6, 6.07) is 7.32. The van der Waals surface area contributed by atoms with Crippen LogP contribution in [-0.4, -0.2) is 31.5 Å². The second-order valence-corrected chi connectivity index (χ2v) is 4.48. The van der Waals surface area contributed by atoms with Crippen molar-refractivity contribution in [2.45, 2.75) is 12.0 Å². The summed E-state index contributed by atoms with van der Waals surface area (Å²) in [5, 5.41) is 0. The first-order valence-corrected chi connectivity index (χ1v) is 5.62. The topological polar surface area (TPSA) is 64.8 Å². The monoisotopic (exact) mass is 234 g/mol. The van der Waals surface area contributed by atoms with Crippen molar-refractivity contribution >= 4 is 17.5 Å². The Morgan fingerprint density at radius 1 is 1.29 bits per heavy atom. The highest BCUT2D eigenvalue weighted by Crippen LogP contribution is 2.38. The number of nitrogens with two attached hydrogens (primary N) is 1. The number of hydrogen-bond acceptors (Lipinski definition) is 4. The van der Waals surface area contributed by atoms with Crippen LogP contribution in [0.3, 0.4) is 0 Å². The van der Waals surface area contributed by atoms with E-state index < -0.39 is 0 Å². The fourth-order valence-corrected chi connectivity index (χ4v) is 2.45. The Kier molecular flexibility index (Phi) is 2.22. The van der Waals surface area contributed by atoms with Gasteiger partial charge in [-0.05, 0) is 12.1 Å². The van der Waals surface area contributed by atoms with E-state index in [1.807, 2.05) is 18.2 Å². The lowest BCUT2D eigenvalue weighted by Gasteiger charge is -2.30. The van der Waals surface area contributed by atoms with Crippen molar-refractivity contribution in [1.82, 2.24) is 0 Å². The second kappa shape index (κ2) is 3.63. The Labute approximate surface area is 99.1 Å². The molecule has 0 bridgehead atoms. The number of hydrogen-bond donors (Lipinski definition) is 1. The Morgan fingerprint density at radius 3 is 2.82 bits per heavy atom. The minimum Gasteiger partial charge on any atom is -0.447 e. The summed E-state index contributed by atoms with van der Waals surface area (Å²) in [6.07, 6.45) is 0.445. The highest BCUT2D eigenvalue weighted by Gasteiger charge is 2.51. The molecule has 17 heavy (non-hydrogen) atoms. The highest BCUT2D eigenvalue weighted by molar-refractivity contribution is 5.95. The molecule has 0 saturated carbocycles. The second-order valence-electron chi connectivity index (χ2n) is 4.48. The van der Waals surface area contributed by atoms with Crippen molar-refractivity contribution in [3.8, 4) is 0 Å². The summed E-state index contributed by atoms with van der Waals surface area (Å²) < 4.78 is 10.6. The van der Waals surface area contributed by atoms with E-state index in [9.17, 15) is 4.79 Å². The molecule has 5 nitrogen and oxygen atoms in total. The third-order valence-electron chi connectivity index (χ3n) is 3.38. The molecule has 1 spiro atoms. The van der Waals surface area contributed by atoms with Gasteiger partial charge in [0.1, 0.15) is 12.1 Å². The maximum atomic E-state index is 11.9. The number of rotatable bonds is 1. The summed E-state index contributed by atoms with van der Waals surface area (Å²) in [5.74, 6) is 0. The van der Waals surface area contributed by atoms with Gasteiger partial charge in [0.2, 0.25) is 0 Å². The molecule has 0 radical (unpaired) electrons. The number of ether oxygens (including phenoxy) is 2. The van der Waals surface area contributed by atoms with E-state index in [1.165, 1.54) is 0 Å². The van der Waals surface area contributed by atoms with Crippen LogP contribution >= 0.6 is 0 Å². The van der Waals surface area contributed by atoms with Gasteiger partial charge in [-0.25, -0.2) is 4.79 Å². The lowest BCUT2D eigenvalue weighted by Crippen LogP contribution is -2.48. The van der Waals surface area contributed by atoms with Crippen molar-refractivity contribution in [3.63, 3.8) is 0 Å². The van der Waals surface area contributed by atoms with Gasteiger partial charge in [-0.1, -0.05) is 12.1 Å². The fraction of sp³-hybridized carbons (Fsp3) is 0.417. The van der Waals surface area contributed by atoms with Gasteiger partial charge in [-0.15, -0.1) is 0 Å². The number of nitrogen functional groups attached to an aromatic ring is 1. The van der Waals surface area contributed by atoms with Crippen molar-refractivity contribution in [2.24, 2.45) is 0 Å². The van der Waals surface area contributed by atoms with Gasteiger partial charge >= 0.3 is 6.09 Å². The molecule has 1 aromatic carbocycles. The minimum absolute atomic E-state index is 0.339. The van der Waals surface area contributed by atoms with Crippen LogP contribution in [0.4, 0.5) is 16.2 Å². The molecule has 1 aromatic rings. The van der Waals surface area contributed by atoms with Crippen molar-refractivity contribution in [3.05, 3.63) is 24.3 Å². The van der Waals surface area contributed by atoms with Crippen LogP contribution < -0.4 is 10.6 Å². The first kappa shape index (κ1) is 10.4. The number of carbonyl (C=O) groups is 1. The molecule has 90 valence electrons. The van der Waals surface area contributed by atoms with E-state index in [0.717, 1.165) is 6.42 Å². The van der Waals surface area contributed by atoms with Crippen molar-refractivity contribution < 1.29 is 14.3 Å². The lowest BCUT2D eigenvalue weighted by atomic mass is 9.98. The van der Waals surface area contributed by atoms with Gasteiger partial charge in [-0.2, -0.15) is 0 Å². The van der Waals surface area contributed by atoms with E-state index in [-0.39, 0.29) is 11.6 Å². The van der Waals surface area contributed by atoms with E-state index in [1.54, 1.807) is 11.0 Å². The summed E-state index contributed by atoms with van der Waals surface area (Å²) >= 11 is 0.